The summed E-state index contributed by atoms with van der Waals surface area (Å²) in [5.74, 6) is -1.59. The lowest BCUT2D eigenvalue weighted by atomic mass is 10.2. The Labute approximate surface area is 159 Å². The Hall–Kier alpha value is -3.12. The Morgan fingerprint density at radius 1 is 1.11 bits per heavy atom. The minimum atomic E-state index is -1.06. The molecule has 3 rings (SSSR count). The van der Waals surface area contributed by atoms with Crippen molar-refractivity contribution in [1.29, 1.82) is 0 Å². The number of hydrogen-bond acceptors (Lipinski definition) is 5. The molecule has 138 valence electrons. The third-order valence-electron chi connectivity index (χ3n) is 4.00. The summed E-state index contributed by atoms with van der Waals surface area (Å²) in [6.45, 7) is 1.46. The molecule has 3 aromatic rings. The third kappa shape index (κ3) is 4.01. The Morgan fingerprint density at radius 3 is 2.52 bits per heavy atom. The van der Waals surface area contributed by atoms with Crippen molar-refractivity contribution < 1.29 is 18.7 Å². The number of fused-ring (bicyclic) bond motifs is 1. The first-order chi connectivity index (χ1) is 12.9. The van der Waals surface area contributed by atoms with E-state index in [9.17, 15) is 14.4 Å². The van der Waals surface area contributed by atoms with Gasteiger partial charge in [0, 0.05) is 23.8 Å². The van der Waals surface area contributed by atoms with Crippen molar-refractivity contribution in [1.82, 2.24) is 0 Å². The van der Waals surface area contributed by atoms with Gasteiger partial charge in [-0.05, 0) is 37.3 Å². The summed E-state index contributed by atoms with van der Waals surface area (Å²) in [5, 5.41) is 0.639. The number of nitrogens with zero attached hydrogens (tertiary/aromatic N) is 1. The van der Waals surface area contributed by atoms with Gasteiger partial charge in [-0.25, -0.2) is 4.79 Å². The molecule has 0 aliphatic carbocycles. The first kappa shape index (κ1) is 18.7. The van der Waals surface area contributed by atoms with E-state index in [0.29, 0.717) is 10.7 Å². The van der Waals surface area contributed by atoms with Gasteiger partial charge in [0.15, 0.2) is 11.5 Å². The largest absolute Gasteiger partial charge is 0.449 e. The summed E-state index contributed by atoms with van der Waals surface area (Å²) < 4.78 is 10.6. The van der Waals surface area contributed by atoms with Crippen molar-refractivity contribution in [3.05, 3.63) is 75.6 Å². The number of rotatable bonds is 4. The number of benzene rings is 2. The molecule has 1 atom stereocenters. The summed E-state index contributed by atoms with van der Waals surface area (Å²) >= 11 is 5.86. The van der Waals surface area contributed by atoms with Crippen LogP contribution in [0.1, 0.15) is 17.5 Å². The van der Waals surface area contributed by atoms with E-state index in [1.807, 2.05) is 6.07 Å². The number of halogens is 1. The van der Waals surface area contributed by atoms with Crippen molar-refractivity contribution in [3.8, 4) is 0 Å². The molecular weight excluding hydrogens is 370 g/mol. The average Bonchev–Trinajstić information content (AvgIpc) is 2.67. The maximum Gasteiger partial charge on any atom is 0.375 e. The van der Waals surface area contributed by atoms with E-state index < -0.39 is 23.4 Å². The molecule has 1 amide bonds. The SMILES string of the molecule is C[C@@H](OC(=O)c1cc(=O)c2cc(Cl)ccc2o1)C(=O)N(C)c1ccccc1. The lowest BCUT2D eigenvalue weighted by Gasteiger charge is -2.21. The monoisotopic (exact) mass is 385 g/mol. The second-order valence-electron chi connectivity index (χ2n) is 5.90. The van der Waals surface area contributed by atoms with Crippen LogP contribution in [0.5, 0.6) is 0 Å². The molecule has 27 heavy (non-hydrogen) atoms. The van der Waals surface area contributed by atoms with Crippen LogP contribution >= 0.6 is 11.6 Å². The molecule has 0 saturated carbocycles. The molecule has 0 aliphatic rings. The average molecular weight is 386 g/mol. The molecule has 1 heterocycles. The lowest BCUT2D eigenvalue weighted by molar-refractivity contribution is -0.126. The minimum Gasteiger partial charge on any atom is -0.449 e. The molecule has 7 heteroatoms. The molecule has 1 aromatic heterocycles. The number of hydrogen-bond donors (Lipinski definition) is 0. The van der Waals surface area contributed by atoms with Crippen LogP contribution in [0.4, 0.5) is 5.69 Å². The van der Waals surface area contributed by atoms with Crippen LogP contribution in [0.15, 0.2) is 63.8 Å². The maximum atomic E-state index is 12.5. The number of amides is 1. The van der Waals surface area contributed by atoms with Crippen LogP contribution in [-0.4, -0.2) is 25.0 Å². The van der Waals surface area contributed by atoms with E-state index in [2.05, 4.69) is 0 Å². The number of anilines is 1. The Balaban J connectivity index is 1.78. The van der Waals surface area contributed by atoms with Gasteiger partial charge in [-0.1, -0.05) is 29.8 Å². The summed E-state index contributed by atoms with van der Waals surface area (Å²) in [4.78, 5) is 38.4. The summed E-state index contributed by atoms with van der Waals surface area (Å²) in [5.41, 5.74) is 0.449. The molecule has 0 aliphatic heterocycles. The fourth-order valence-electron chi connectivity index (χ4n) is 2.55. The fraction of sp³-hybridized carbons (Fsp3) is 0.150. The van der Waals surface area contributed by atoms with E-state index in [-0.39, 0.29) is 16.7 Å². The van der Waals surface area contributed by atoms with Gasteiger partial charge in [-0.3, -0.25) is 9.59 Å². The van der Waals surface area contributed by atoms with Crippen molar-refractivity contribution in [3.63, 3.8) is 0 Å². The zero-order chi connectivity index (χ0) is 19.6. The fourth-order valence-corrected chi connectivity index (χ4v) is 2.72. The van der Waals surface area contributed by atoms with E-state index in [1.54, 1.807) is 37.4 Å². The highest BCUT2D eigenvalue weighted by atomic mass is 35.5. The highest BCUT2D eigenvalue weighted by Gasteiger charge is 2.24. The predicted octanol–water partition coefficient (Wildman–Crippen LogP) is 3.65. The Kier molecular flexibility index (Phi) is 5.28. The first-order valence-electron chi connectivity index (χ1n) is 8.14. The van der Waals surface area contributed by atoms with Crippen LogP contribution in [0.2, 0.25) is 5.02 Å². The van der Waals surface area contributed by atoms with Gasteiger partial charge in [0.05, 0.1) is 5.39 Å². The second-order valence-corrected chi connectivity index (χ2v) is 6.33. The van der Waals surface area contributed by atoms with Gasteiger partial charge >= 0.3 is 5.97 Å². The standard InChI is InChI=1S/C20H16ClNO5/c1-12(19(24)22(2)14-6-4-3-5-7-14)26-20(25)18-11-16(23)15-10-13(21)8-9-17(15)27-18/h3-12H,1-2H3/t12-/m1/s1. The smallest absolute Gasteiger partial charge is 0.375 e. The molecule has 0 radical (unpaired) electrons. The number of esters is 1. The number of carbonyl (C=O) groups excluding carboxylic acids is 2. The van der Waals surface area contributed by atoms with Crippen molar-refractivity contribution in [2.45, 2.75) is 13.0 Å². The number of carbonyl (C=O) groups is 2. The normalized spacial score (nSPS) is 11.8. The number of para-hydroxylation sites is 1. The Morgan fingerprint density at radius 2 is 1.81 bits per heavy atom. The first-order valence-corrected chi connectivity index (χ1v) is 8.51. The number of likely N-dealkylation sites (N-methyl/N-ethyl adjacent to an activating group) is 1. The van der Waals surface area contributed by atoms with Crippen LogP contribution in [0, 0.1) is 0 Å². The molecular formula is C20H16ClNO5. The zero-order valence-electron chi connectivity index (χ0n) is 14.6. The topological polar surface area (TPSA) is 76.8 Å². The Bertz CT molecular complexity index is 1060. The van der Waals surface area contributed by atoms with Gasteiger partial charge < -0.3 is 14.1 Å². The van der Waals surface area contributed by atoms with Crippen molar-refractivity contribution in [2.75, 3.05) is 11.9 Å². The van der Waals surface area contributed by atoms with E-state index in [4.69, 9.17) is 20.8 Å². The second kappa shape index (κ2) is 7.63. The maximum absolute atomic E-state index is 12.5. The van der Waals surface area contributed by atoms with Crippen LogP contribution in [-0.2, 0) is 9.53 Å². The van der Waals surface area contributed by atoms with Gasteiger partial charge in [-0.2, -0.15) is 0 Å². The van der Waals surface area contributed by atoms with Crippen molar-refractivity contribution in [2.24, 2.45) is 0 Å². The van der Waals surface area contributed by atoms with Crippen molar-refractivity contribution >= 4 is 40.1 Å². The molecule has 0 saturated heterocycles. The summed E-state index contributed by atoms with van der Waals surface area (Å²) in [7, 11) is 1.59. The van der Waals surface area contributed by atoms with E-state index in [0.717, 1.165) is 6.07 Å². The van der Waals surface area contributed by atoms with E-state index >= 15 is 0 Å². The predicted molar refractivity (Wildman–Crippen MR) is 102 cm³/mol. The minimum absolute atomic E-state index is 0.208. The van der Waals surface area contributed by atoms with Gasteiger partial charge in [0.1, 0.15) is 5.58 Å². The quantitative estimate of drug-likeness (QED) is 0.640. The van der Waals surface area contributed by atoms with Crippen LogP contribution < -0.4 is 10.3 Å². The van der Waals surface area contributed by atoms with Gasteiger partial charge in [0.2, 0.25) is 5.76 Å². The van der Waals surface area contributed by atoms with Crippen LogP contribution in [0.3, 0.4) is 0 Å². The lowest BCUT2D eigenvalue weighted by Crippen LogP contribution is -2.37. The molecule has 0 unspecified atom stereocenters. The van der Waals surface area contributed by atoms with Gasteiger partial charge in [-0.15, -0.1) is 0 Å². The molecule has 0 fully saturated rings. The number of ether oxygens (including phenoxy) is 1. The zero-order valence-corrected chi connectivity index (χ0v) is 15.4. The highest BCUT2D eigenvalue weighted by molar-refractivity contribution is 6.31. The summed E-state index contributed by atoms with van der Waals surface area (Å²) in [6.07, 6.45) is -1.06. The van der Waals surface area contributed by atoms with Crippen LogP contribution in [0.25, 0.3) is 11.0 Å². The molecule has 0 spiro atoms. The van der Waals surface area contributed by atoms with E-state index in [1.165, 1.54) is 24.0 Å². The molecule has 2 aromatic carbocycles. The van der Waals surface area contributed by atoms with Gasteiger partial charge in [0.25, 0.3) is 5.91 Å². The highest BCUT2D eigenvalue weighted by Crippen LogP contribution is 2.19. The molecule has 0 bridgehead atoms. The molecule has 6 nitrogen and oxygen atoms in total. The molecule has 0 N–H and O–H groups in total. The third-order valence-corrected chi connectivity index (χ3v) is 4.23. The summed E-state index contributed by atoms with van der Waals surface area (Å²) in [6, 6.07) is 14.5.